The molecular weight excluding hydrogens is 898 g/mol. The maximum Gasteiger partial charge on any atom is 0.472 e. The zero-order valence-electron chi connectivity index (χ0n) is 37.2. The van der Waals surface area contributed by atoms with Gasteiger partial charge in [-0.3, -0.25) is 28.8 Å². The Labute approximate surface area is 381 Å². The van der Waals surface area contributed by atoms with E-state index < -0.39 is 50.5 Å². The van der Waals surface area contributed by atoms with Crippen LogP contribution in [0.25, 0.3) is 0 Å². The highest BCUT2D eigenvalue weighted by atomic mass is 33.1. The summed E-state index contributed by atoms with van der Waals surface area (Å²) < 4.78 is 26.7. The number of benzene rings is 1. The van der Waals surface area contributed by atoms with Gasteiger partial charge >= 0.3 is 19.8 Å². The maximum atomic E-state index is 13.8. The molecule has 1 aromatic carbocycles. The number of nitrogens with two attached hydrogens (primary N) is 1. The zero-order chi connectivity index (χ0) is 47.5. The topological polar surface area (TPSA) is 274 Å². The summed E-state index contributed by atoms with van der Waals surface area (Å²) in [4.78, 5) is 99.7. The van der Waals surface area contributed by atoms with Crippen molar-refractivity contribution < 1.29 is 62.2 Å². The summed E-state index contributed by atoms with van der Waals surface area (Å²) in [6, 6.07) is 3.55. The lowest BCUT2D eigenvalue weighted by Gasteiger charge is -2.33. The third kappa shape index (κ3) is 21.7. The number of thiazole rings is 1. The van der Waals surface area contributed by atoms with Crippen LogP contribution in [-0.4, -0.2) is 96.8 Å². The van der Waals surface area contributed by atoms with Gasteiger partial charge in [0, 0.05) is 67.6 Å². The van der Waals surface area contributed by atoms with Crippen molar-refractivity contribution >= 4 is 82.0 Å². The second-order valence-corrected chi connectivity index (χ2v) is 21.4. The van der Waals surface area contributed by atoms with Crippen LogP contribution < -0.4 is 21.1 Å². The van der Waals surface area contributed by atoms with E-state index in [1.54, 1.807) is 45.7 Å². The first kappa shape index (κ1) is 55.4. The van der Waals surface area contributed by atoms with Crippen LogP contribution in [0.1, 0.15) is 133 Å². The van der Waals surface area contributed by atoms with Gasteiger partial charge in [0.15, 0.2) is 12.9 Å². The molecule has 0 saturated carbocycles. The molecule has 0 aliphatic rings. The van der Waals surface area contributed by atoms with Crippen LogP contribution >= 0.6 is 40.7 Å². The first-order valence-corrected chi connectivity index (χ1v) is 25.4. The second-order valence-electron chi connectivity index (χ2n) is 16.2. The molecule has 1 heterocycles. The molecule has 4 amide bonds. The number of nitrogens with zero attached hydrogens (tertiary/aromatic N) is 2. The number of esters is 1. The van der Waals surface area contributed by atoms with Gasteiger partial charge in [-0.15, -0.1) is 11.3 Å². The van der Waals surface area contributed by atoms with Gasteiger partial charge in [0.1, 0.15) is 16.5 Å². The van der Waals surface area contributed by atoms with Crippen molar-refractivity contribution in [1.82, 2.24) is 15.2 Å². The first-order chi connectivity index (χ1) is 29.4. The Hall–Kier alpha value is -3.72. The maximum absolute atomic E-state index is 13.8. The van der Waals surface area contributed by atoms with Crippen molar-refractivity contribution in [2.75, 3.05) is 24.9 Å². The van der Waals surface area contributed by atoms with E-state index in [2.05, 4.69) is 20.1 Å². The number of nitrogens with one attached hydrogen (secondary N) is 2. The van der Waals surface area contributed by atoms with Crippen molar-refractivity contribution in [3.05, 3.63) is 39.8 Å². The third-order valence-electron chi connectivity index (χ3n) is 9.72. The molecule has 1 aromatic heterocycles. The Morgan fingerprint density at radius 3 is 2.35 bits per heavy atom. The Balaban J connectivity index is 2.32. The van der Waals surface area contributed by atoms with Gasteiger partial charge in [-0.05, 0) is 69.6 Å². The molecule has 2 unspecified atom stereocenters. The number of rotatable bonds is 30. The monoisotopic (exact) mass is 961 g/mol. The minimum Gasteiger partial charge on any atom is -0.481 e. The third-order valence-corrected chi connectivity index (χ3v) is 14.5. The second kappa shape index (κ2) is 26.9. The molecule has 2 rings (SSSR count). The number of primary amides is 1. The molecule has 354 valence electrons. The number of anilines is 1. The van der Waals surface area contributed by atoms with Crippen LogP contribution in [0.5, 0.6) is 5.75 Å². The highest BCUT2D eigenvalue weighted by molar-refractivity contribution is 8.77. The molecule has 0 radical (unpaired) electrons. The number of carboxylic acids is 1. The molecular formula is C41H64N5O13PS3. The molecule has 0 fully saturated rings. The highest BCUT2D eigenvalue weighted by Crippen LogP contribution is 2.39. The predicted octanol–water partition coefficient (Wildman–Crippen LogP) is 6.85. The summed E-state index contributed by atoms with van der Waals surface area (Å²) >= 11 is 1.12. The van der Waals surface area contributed by atoms with E-state index in [0.717, 1.165) is 24.2 Å². The molecule has 0 spiro atoms. The lowest BCUT2D eigenvalue weighted by atomic mass is 9.95. The predicted molar refractivity (Wildman–Crippen MR) is 244 cm³/mol. The van der Waals surface area contributed by atoms with Crippen LogP contribution in [-0.2, 0) is 44.2 Å². The highest BCUT2D eigenvalue weighted by Gasteiger charge is 2.31. The van der Waals surface area contributed by atoms with E-state index in [1.807, 2.05) is 34.6 Å². The molecule has 4 atom stereocenters. The van der Waals surface area contributed by atoms with E-state index in [0.29, 0.717) is 35.6 Å². The number of phosphoric ester groups is 1. The van der Waals surface area contributed by atoms with Gasteiger partial charge in [-0.2, -0.15) is 0 Å². The number of amides is 4. The van der Waals surface area contributed by atoms with Crippen molar-refractivity contribution in [2.45, 2.75) is 136 Å². The standard InChI is InChI=1S/C41H64N5O13PS3/c1-9-10-13-37(50)46(8)32(25(2)3)22-34(59-27(5)47)39-45-31(23-61-39)38(51)43-29(19-26(4)40(52)53)20-28-14-15-33(57-24-58-60(54,55)56)30(21-28)44-36(49)12-11-18-62-63-41(6,7)17-16-35(42)48/h14-15,21,23,25-26,29,32,34H,9-13,16-20,22,24H2,1-8H3,(H2,42,48)(H,43,51)(H,44,49)(H,52,53)(H2,54,55,56)/t26?,29-,32?,34-/m1/s1. The summed E-state index contributed by atoms with van der Waals surface area (Å²) in [5, 5.41) is 17.3. The molecule has 0 aliphatic heterocycles. The van der Waals surface area contributed by atoms with Crippen LogP contribution in [0.15, 0.2) is 23.6 Å². The molecule has 7 N–H and O–H groups in total. The molecule has 0 saturated heterocycles. The molecule has 18 nitrogen and oxygen atoms in total. The van der Waals surface area contributed by atoms with Gasteiger partial charge in [-0.25, -0.2) is 14.1 Å². The van der Waals surface area contributed by atoms with Gasteiger partial charge in [0.05, 0.1) is 11.6 Å². The summed E-state index contributed by atoms with van der Waals surface area (Å²) in [5.74, 6) is -3.22. The van der Waals surface area contributed by atoms with Crippen molar-refractivity contribution in [1.29, 1.82) is 0 Å². The quantitative estimate of drug-likeness (QED) is 0.0154. The molecule has 0 bridgehead atoms. The normalized spacial score (nSPS) is 13.7. The van der Waals surface area contributed by atoms with E-state index in [9.17, 15) is 38.4 Å². The number of hydrogen-bond donors (Lipinski definition) is 6. The molecule has 63 heavy (non-hydrogen) atoms. The largest absolute Gasteiger partial charge is 0.481 e. The van der Waals surface area contributed by atoms with Gasteiger partial charge < -0.3 is 45.6 Å². The number of carbonyl (C=O) groups excluding carboxylic acids is 5. The average Bonchev–Trinajstić information content (AvgIpc) is 3.68. The van der Waals surface area contributed by atoms with Crippen LogP contribution in [0.3, 0.4) is 0 Å². The summed E-state index contributed by atoms with van der Waals surface area (Å²) in [7, 11) is 0.00999. The van der Waals surface area contributed by atoms with E-state index >= 15 is 0 Å². The number of carbonyl (C=O) groups is 6. The van der Waals surface area contributed by atoms with Gasteiger partial charge in [0.2, 0.25) is 17.7 Å². The van der Waals surface area contributed by atoms with E-state index in [4.69, 9.17) is 25.0 Å². The Bertz CT molecular complexity index is 1890. The molecule has 22 heteroatoms. The summed E-state index contributed by atoms with van der Waals surface area (Å²) in [5.41, 5.74) is 5.99. The fourth-order valence-corrected chi connectivity index (χ4v) is 9.94. The van der Waals surface area contributed by atoms with Crippen molar-refractivity contribution in [2.24, 2.45) is 17.6 Å². The first-order valence-electron chi connectivity index (χ1n) is 20.7. The number of aromatic nitrogens is 1. The van der Waals surface area contributed by atoms with Crippen molar-refractivity contribution in [3.63, 3.8) is 0 Å². The fraction of sp³-hybridized carbons (Fsp3) is 0.634. The van der Waals surface area contributed by atoms with Gasteiger partial charge in [-0.1, -0.05) is 61.8 Å². The number of phosphoric acid groups is 1. The van der Waals surface area contributed by atoms with Crippen LogP contribution in [0, 0.1) is 11.8 Å². The van der Waals surface area contributed by atoms with Crippen molar-refractivity contribution in [3.8, 4) is 5.75 Å². The van der Waals surface area contributed by atoms with Gasteiger partial charge in [0.25, 0.3) is 5.91 Å². The number of hydrogen-bond acceptors (Lipinski definition) is 14. The Kier molecular flexibility index (Phi) is 23.7. The minimum atomic E-state index is -4.88. The van der Waals surface area contributed by atoms with Crippen LogP contribution in [0.2, 0.25) is 0 Å². The van der Waals surface area contributed by atoms with Crippen LogP contribution in [0.4, 0.5) is 5.69 Å². The number of aliphatic carboxylic acids is 1. The van der Waals surface area contributed by atoms with E-state index in [-0.39, 0.29) is 83.7 Å². The Morgan fingerprint density at radius 2 is 1.75 bits per heavy atom. The minimum absolute atomic E-state index is 0.00763. The number of unbranched alkanes of at least 4 members (excludes halogenated alkanes) is 1. The fourth-order valence-electron chi connectivity index (χ4n) is 6.25. The zero-order valence-corrected chi connectivity index (χ0v) is 40.6. The number of carboxylic acid groups (broad SMARTS) is 1. The lowest BCUT2D eigenvalue weighted by Crippen LogP contribution is -2.41. The summed E-state index contributed by atoms with van der Waals surface area (Å²) in [6.07, 6.45) is 2.99. The lowest BCUT2D eigenvalue weighted by molar-refractivity contribution is -0.148. The summed E-state index contributed by atoms with van der Waals surface area (Å²) in [6.45, 7) is 11.9. The average molecular weight is 962 g/mol. The molecule has 0 aliphatic carbocycles. The Morgan fingerprint density at radius 1 is 1.05 bits per heavy atom. The molecule has 2 aromatic rings. The number of ether oxygens (including phenoxy) is 2. The SMILES string of the molecule is CCCCC(=O)N(C)C(C[C@@H](OC(C)=O)c1nc(C(=O)N[C@@H](Cc2ccc(OCOP(=O)(O)O)c(NC(=O)CCCSSC(C)(C)CCC(N)=O)c2)CC(C)C(=O)O)cs1)C(C)C. The smallest absolute Gasteiger partial charge is 0.472 e. The van der Waals surface area contributed by atoms with E-state index in [1.165, 1.54) is 25.3 Å².